The average Bonchev–Trinajstić information content (AvgIpc) is 2.57. The zero-order chi connectivity index (χ0) is 17.7. The standard InChI is InChI=1S/C8H8O2.C7H6O2.C2H6O2/c1-6-2-4-7(5-3-6)8(9)10;8-7(9)6-4-2-1-3-5-6;3-1-2-4/h2-5H,1H3,(H,9,10);1-5H,(H,8,9);3-4H,1-2H2. The molecule has 0 aliphatic heterocycles. The van der Waals surface area contributed by atoms with Crippen LogP contribution in [-0.2, 0) is 0 Å². The first-order chi connectivity index (χ1) is 10.9. The van der Waals surface area contributed by atoms with E-state index >= 15 is 0 Å². The van der Waals surface area contributed by atoms with Gasteiger partial charge in [-0.15, -0.1) is 0 Å². The van der Waals surface area contributed by atoms with Gasteiger partial charge in [0.15, 0.2) is 0 Å². The number of aliphatic hydroxyl groups is 2. The van der Waals surface area contributed by atoms with Crippen molar-refractivity contribution in [2.45, 2.75) is 6.92 Å². The Bertz CT molecular complexity index is 576. The van der Waals surface area contributed by atoms with Crippen molar-refractivity contribution in [3.05, 3.63) is 71.3 Å². The summed E-state index contributed by atoms with van der Waals surface area (Å²) in [5.74, 6) is -1.75. The number of rotatable bonds is 3. The Morgan fingerprint density at radius 3 is 1.43 bits per heavy atom. The van der Waals surface area contributed by atoms with Gasteiger partial charge >= 0.3 is 11.9 Å². The van der Waals surface area contributed by atoms with Gasteiger partial charge in [0.2, 0.25) is 0 Å². The monoisotopic (exact) mass is 320 g/mol. The molecule has 0 saturated heterocycles. The van der Waals surface area contributed by atoms with Gasteiger partial charge in [0.25, 0.3) is 0 Å². The first-order valence-corrected chi connectivity index (χ1v) is 6.72. The lowest BCUT2D eigenvalue weighted by atomic mass is 10.2. The van der Waals surface area contributed by atoms with E-state index in [0.29, 0.717) is 11.1 Å². The highest BCUT2D eigenvalue weighted by molar-refractivity contribution is 5.87. The summed E-state index contributed by atoms with van der Waals surface area (Å²) in [6.45, 7) is 1.67. The lowest BCUT2D eigenvalue weighted by Crippen LogP contribution is -1.94. The molecule has 124 valence electrons. The minimum Gasteiger partial charge on any atom is -0.478 e. The summed E-state index contributed by atoms with van der Waals surface area (Å²) in [6.07, 6.45) is 0. The molecule has 0 bridgehead atoms. The highest BCUT2D eigenvalue weighted by atomic mass is 16.4. The van der Waals surface area contributed by atoms with E-state index in [0.717, 1.165) is 5.56 Å². The number of aryl methyl sites for hydroxylation is 1. The number of carboxylic acid groups (broad SMARTS) is 2. The molecule has 2 rings (SSSR count). The molecule has 6 nitrogen and oxygen atoms in total. The highest BCUT2D eigenvalue weighted by Gasteiger charge is 1.98. The summed E-state index contributed by atoms with van der Waals surface area (Å²) in [4.78, 5) is 20.5. The molecule has 0 fully saturated rings. The molecule has 23 heavy (non-hydrogen) atoms. The fourth-order valence-corrected chi connectivity index (χ4v) is 1.28. The third-order valence-corrected chi connectivity index (χ3v) is 2.42. The third-order valence-electron chi connectivity index (χ3n) is 2.42. The fourth-order valence-electron chi connectivity index (χ4n) is 1.28. The van der Waals surface area contributed by atoms with Crippen LogP contribution in [0.25, 0.3) is 0 Å². The van der Waals surface area contributed by atoms with Crippen LogP contribution in [0.2, 0.25) is 0 Å². The summed E-state index contributed by atoms with van der Waals surface area (Å²) >= 11 is 0. The van der Waals surface area contributed by atoms with E-state index in [1.165, 1.54) is 0 Å². The molecule has 0 aromatic heterocycles. The molecule has 4 N–H and O–H groups in total. The van der Waals surface area contributed by atoms with Gasteiger partial charge in [-0.3, -0.25) is 0 Å². The maximum absolute atomic E-state index is 10.3. The van der Waals surface area contributed by atoms with Crippen molar-refractivity contribution in [1.29, 1.82) is 0 Å². The Kier molecular flexibility index (Phi) is 10.5. The Morgan fingerprint density at radius 2 is 1.13 bits per heavy atom. The normalized spacial score (nSPS) is 8.83. The molecule has 0 aliphatic rings. The third kappa shape index (κ3) is 9.78. The Hall–Kier alpha value is -2.70. The van der Waals surface area contributed by atoms with Crippen LogP contribution in [0.15, 0.2) is 54.6 Å². The van der Waals surface area contributed by atoms with Crippen LogP contribution >= 0.6 is 0 Å². The van der Waals surface area contributed by atoms with Crippen molar-refractivity contribution in [2.24, 2.45) is 0 Å². The minimum absolute atomic E-state index is 0.125. The smallest absolute Gasteiger partial charge is 0.335 e. The molecule has 0 radical (unpaired) electrons. The van der Waals surface area contributed by atoms with E-state index in [-0.39, 0.29) is 13.2 Å². The van der Waals surface area contributed by atoms with Crippen molar-refractivity contribution in [2.75, 3.05) is 13.2 Å². The van der Waals surface area contributed by atoms with Gasteiger partial charge in [0.05, 0.1) is 24.3 Å². The van der Waals surface area contributed by atoms with Crippen molar-refractivity contribution in [3.8, 4) is 0 Å². The van der Waals surface area contributed by atoms with Gasteiger partial charge in [-0.25, -0.2) is 9.59 Å². The van der Waals surface area contributed by atoms with E-state index in [4.69, 9.17) is 20.4 Å². The first kappa shape index (κ1) is 20.3. The van der Waals surface area contributed by atoms with Gasteiger partial charge in [-0.2, -0.15) is 0 Å². The highest BCUT2D eigenvalue weighted by Crippen LogP contribution is 2.01. The fraction of sp³-hybridized carbons (Fsp3) is 0.176. The van der Waals surface area contributed by atoms with Crippen molar-refractivity contribution >= 4 is 11.9 Å². The molecule has 6 heteroatoms. The molecule has 0 heterocycles. The van der Waals surface area contributed by atoms with Crippen molar-refractivity contribution in [3.63, 3.8) is 0 Å². The first-order valence-electron chi connectivity index (χ1n) is 6.72. The molecule has 0 unspecified atom stereocenters. The second-order valence-electron chi connectivity index (χ2n) is 4.29. The van der Waals surface area contributed by atoms with E-state index in [9.17, 15) is 9.59 Å². The minimum atomic E-state index is -0.879. The molecular weight excluding hydrogens is 300 g/mol. The van der Waals surface area contributed by atoms with Gasteiger partial charge in [0.1, 0.15) is 0 Å². The lowest BCUT2D eigenvalue weighted by Gasteiger charge is -1.92. The lowest BCUT2D eigenvalue weighted by molar-refractivity contribution is 0.0686. The van der Waals surface area contributed by atoms with Crippen LogP contribution in [0, 0.1) is 6.92 Å². The van der Waals surface area contributed by atoms with E-state index in [1.54, 1.807) is 54.6 Å². The number of hydrogen-bond acceptors (Lipinski definition) is 4. The Morgan fingerprint density at radius 1 is 0.739 bits per heavy atom. The van der Waals surface area contributed by atoms with E-state index in [1.807, 2.05) is 6.92 Å². The summed E-state index contributed by atoms with van der Waals surface area (Å²) in [6, 6.07) is 15.0. The maximum Gasteiger partial charge on any atom is 0.335 e. The van der Waals surface area contributed by atoms with Crippen molar-refractivity contribution < 1.29 is 30.0 Å². The second-order valence-corrected chi connectivity index (χ2v) is 4.29. The molecule has 0 saturated carbocycles. The van der Waals surface area contributed by atoms with E-state index in [2.05, 4.69) is 0 Å². The molecular formula is C17H20O6. The van der Waals surface area contributed by atoms with Crippen LogP contribution in [0.5, 0.6) is 0 Å². The number of carboxylic acids is 2. The number of carbonyl (C=O) groups is 2. The predicted molar refractivity (Wildman–Crippen MR) is 85.7 cm³/mol. The summed E-state index contributed by atoms with van der Waals surface area (Å²) in [5.41, 5.74) is 1.74. The topological polar surface area (TPSA) is 115 Å². The van der Waals surface area contributed by atoms with Crippen LogP contribution < -0.4 is 0 Å². The largest absolute Gasteiger partial charge is 0.478 e. The Balaban J connectivity index is 0.000000345. The van der Waals surface area contributed by atoms with E-state index < -0.39 is 11.9 Å². The predicted octanol–water partition coefficient (Wildman–Crippen LogP) is 2.05. The molecule has 2 aromatic carbocycles. The summed E-state index contributed by atoms with van der Waals surface area (Å²) in [7, 11) is 0. The quantitative estimate of drug-likeness (QED) is 0.688. The zero-order valence-electron chi connectivity index (χ0n) is 12.7. The van der Waals surface area contributed by atoms with Crippen molar-refractivity contribution in [1.82, 2.24) is 0 Å². The molecule has 0 atom stereocenters. The van der Waals surface area contributed by atoms with Crippen LogP contribution in [-0.4, -0.2) is 45.6 Å². The van der Waals surface area contributed by atoms with Gasteiger partial charge in [0, 0.05) is 0 Å². The summed E-state index contributed by atoms with van der Waals surface area (Å²) in [5, 5.41) is 32.1. The van der Waals surface area contributed by atoms with Gasteiger partial charge in [-0.1, -0.05) is 35.9 Å². The number of benzene rings is 2. The molecule has 2 aromatic rings. The summed E-state index contributed by atoms with van der Waals surface area (Å²) < 4.78 is 0. The molecule has 0 aliphatic carbocycles. The van der Waals surface area contributed by atoms with Crippen LogP contribution in [0.4, 0.5) is 0 Å². The SMILES string of the molecule is Cc1ccc(C(=O)O)cc1.O=C(O)c1ccccc1.OCCO. The zero-order valence-corrected chi connectivity index (χ0v) is 12.7. The van der Waals surface area contributed by atoms with Gasteiger partial charge in [-0.05, 0) is 31.2 Å². The number of hydrogen-bond donors (Lipinski definition) is 4. The number of aromatic carboxylic acids is 2. The number of aliphatic hydroxyl groups excluding tert-OH is 2. The maximum atomic E-state index is 10.3. The molecule has 0 amide bonds. The Labute approximate surface area is 134 Å². The van der Waals surface area contributed by atoms with Gasteiger partial charge < -0.3 is 20.4 Å². The molecule has 0 spiro atoms. The second kappa shape index (κ2) is 11.9. The van der Waals surface area contributed by atoms with Crippen LogP contribution in [0.1, 0.15) is 26.3 Å². The average molecular weight is 320 g/mol. The van der Waals surface area contributed by atoms with Crippen LogP contribution in [0.3, 0.4) is 0 Å².